The van der Waals surface area contributed by atoms with Gasteiger partial charge >= 0.3 is 6.18 Å². The van der Waals surface area contributed by atoms with Crippen molar-refractivity contribution >= 4 is 27.3 Å². The number of halogens is 4. The van der Waals surface area contributed by atoms with Gasteiger partial charge in [0.05, 0.1) is 23.3 Å². The van der Waals surface area contributed by atoms with E-state index >= 15 is 0 Å². The number of amides is 1. The summed E-state index contributed by atoms with van der Waals surface area (Å²) < 4.78 is 85.5. The molecule has 3 aromatic rings. The average Bonchev–Trinajstić information content (AvgIpc) is 2.77. The lowest BCUT2D eigenvalue weighted by Gasteiger charge is -2.26. The lowest BCUT2D eigenvalue weighted by molar-refractivity contribution is -0.137. The summed E-state index contributed by atoms with van der Waals surface area (Å²) in [6.45, 7) is -0.810. The Morgan fingerprint density at radius 2 is 1.70 bits per heavy atom. The molecule has 11 heteroatoms. The topological polar surface area (TPSA) is 75.7 Å². The Labute approximate surface area is 187 Å². The molecule has 0 unspecified atom stereocenters. The van der Waals surface area contributed by atoms with Crippen LogP contribution in [-0.2, 0) is 21.0 Å². The Balaban J connectivity index is 2.04. The smallest absolute Gasteiger partial charge is 0.416 e. The number of methoxy groups -OCH3 is 1. The minimum atomic E-state index is -4.77. The van der Waals surface area contributed by atoms with Gasteiger partial charge in [-0.2, -0.15) is 13.2 Å². The van der Waals surface area contributed by atoms with Crippen LogP contribution in [0.1, 0.15) is 5.56 Å². The molecule has 0 spiro atoms. The van der Waals surface area contributed by atoms with Gasteiger partial charge in [-0.25, -0.2) is 12.8 Å². The summed E-state index contributed by atoms with van der Waals surface area (Å²) in [6, 6.07) is 14.0. The fraction of sp³-hybridized carbons (Fsp3) is 0.136. The summed E-state index contributed by atoms with van der Waals surface area (Å²) in [5.74, 6) is -1.39. The van der Waals surface area contributed by atoms with Crippen LogP contribution in [0.5, 0.6) is 5.75 Å². The zero-order valence-corrected chi connectivity index (χ0v) is 18.0. The molecule has 0 aliphatic heterocycles. The summed E-state index contributed by atoms with van der Waals surface area (Å²) >= 11 is 0. The van der Waals surface area contributed by atoms with Gasteiger partial charge in [-0.1, -0.05) is 24.3 Å². The van der Waals surface area contributed by atoms with Gasteiger partial charge in [0, 0.05) is 5.69 Å². The van der Waals surface area contributed by atoms with Crippen molar-refractivity contribution in [1.82, 2.24) is 0 Å². The summed E-state index contributed by atoms with van der Waals surface area (Å²) in [5.41, 5.74) is -1.14. The molecular formula is C22H18F4N2O4S. The normalized spacial score (nSPS) is 11.7. The van der Waals surface area contributed by atoms with Crippen molar-refractivity contribution in [2.75, 3.05) is 23.3 Å². The second-order valence-electron chi connectivity index (χ2n) is 6.77. The third-order valence-electron chi connectivity index (χ3n) is 4.50. The first kappa shape index (κ1) is 24.1. The van der Waals surface area contributed by atoms with Crippen molar-refractivity contribution in [3.8, 4) is 5.75 Å². The number of carbonyl (C=O) groups excluding carboxylic acids is 1. The Kier molecular flexibility index (Phi) is 6.92. The maximum absolute atomic E-state index is 13.4. The van der Waals surface area contributed by atoms with Crippen molar-refractivity contribution in [1.29, 1.82) is 0 Å². The first-order valence-electron chi connectivity index (χ1n) is 9.41. The third-order valence-corrected chi connectivity index (χ3v) is 6.25. The van der Waals surface area contributed by atoms with Gasteiger partial charge in [-0.15, -0.1) is 0 Å². The van der Waals surface area contributed by atoms with Crippen molar-refractivity contribution < 1.29 is 35.5 Å². The molecule has 3 rings (SSSR count). The molecule has 0 aromatic heterocycles. The van der Waals surface area contributed by atoms with E-state index < -0.39 is 44.9 Å². The molecular weight excluding hydrogens is 464 g/mol. The highest BCUT2D eigenvalue weighted by atomic mass is 32.2. The monoisotopic (exact) mass is 482 g/mol. The first-order chi connectivity index (χ1) is 15.5. The molecule has 0 aliphatic carbocycles. The van der Waals surface area contributed by atoms with Crippen LogP contribution in [0.2, 0.25) is 0 Å². The van der Waals surface area contributed by atoms with E-state index in [1.807, 2.05) is 0 Å². The molecule has 0 saturated heterocycles. The van der Waals surface area contributed by atoms with Gasteiger partial charge < -0.3 is 10.1 Å². The van der Waals surface area contributed by atoms with Gasteiger partial charge in [-0.3, -0.25) is 9.10 Å². The number of carbonyl (C=O) groups is 1. The largest absolute Gasteiger partial charge is 0.495 e. The van der Waals surface area contributed by atoms with Crippen LogP contribution in [0, 0.1) is 5.82 Å². The quantitative estimate of drug-likeness (QED) is 0.496. The molecule has 0 bridgehead atoms. The summed E-state index contributed by atoms with van der Waals surface area (Å²) in [6.07, 6.45) is -4.77. The van der Waals surface area contributed by atoms with E-state index in [1.54, 1.807) is 6.07 Å². The Morgan fingerprint density at radius 3 is 2.36 bits per heavy atom. The second-order valence-corrected chi connectivity index (χ2v) is 8.63. The first-order valence-corrected chi connectivity index (χ1v) is 10.8. The predicted molar refractivity (Wildman–Crippen MR) is 114 cm³/mol. The van der Waals surface area contributed by atoms with E-state index in [9.17, 15) is 30.8 Å². The summed E-state index contributed by atoms with van der Waals surface area (Å²) in [7, 11) is -3.37. The molecule has 0 fully saturated rings. The maximum atomic E-state index is 13.4. The molecule has 1 N–H and O–H groups in total. The highest BCUT2D eigenvalue weighted by molar-refractivity contribution is 7.92. The van der Waals surface area contributed by atoms with Crippen LogP contribution >= 0.6 is 0 Å². The number of benzene rings is 3. The standard InChI is InChI=1S/C22H18F4N2O4S/c1-32-20-11-3-2-10-19(20)28(14-21(29)27-17-8-5-7-16(23)13-17)33(30,31)18-9-4-6-15(12-18)22(24,25)26/h2-13H,14H2,1H3,(H,27,29). The van der Waals surface area contributed by atoms with E-state index in [0.717, 1.165) is 30.3 Å². The van der Waals surface area contributed by atoms with E-state index in [-0.39, 0.29) is 17.1 Å². The van der Waals surface area contributed by atoms with Crippen molar-refractivity contribution in [3.63, 3.8) is 0 Å². The molecule has 1 amide bonds. The lowest BCUT2D eigenvalue weighted by atomic mass is 10.2. The average molecular weight is 482 g/mol. The minimum Gasteiger partial charge on any atom is -0.495 e. The van der Waals surface area contributed by atoms with Crippen LogP contribution in [0.3, 0.4) is 0 Å². The maximum Gasteiger partial charge on any atom is 0.416 e. The number of para-hydroxylation sites is 2. The SMILES string of the molecule is COc1ccccc1N(CC(=O)Nc1cccc(F)c1)S(=O)(=O)c1cccc(C(F)(F)F)c1. The predicted octanol–water partition coefficient (Wildman–Crippen LogP) is 4.69. The highest BCUT2D eigenvalue weighted by Gasteiger charge is 2.34. The molecule has 33 heavy (non-hydrogen) atoms. The zero-order valence-electron chi connectivity index (χ0n) is 17.1. The van der Waals surface area contributed by atoms with Crippen LogP contribution in [0.4, 0.5) is 28.9 Å². The second kappa shape index (κ2) is 9.49. The number of nitrogens with zero attached hydrogens (tertiary/aromatic N) is 1. The lowest BCUT2D eigenvalue weighted by Crippen LogP contribution is -2.38. The number of nitrogens with one attached hydrogen (secondary N) is 1. The van der Waals surface area contributed by atoms with Gasteiger partial charge in [0.1, 0.15) is 18.1 Å². The van der Waals surface area contributed by atoms with Crippen molar-refractivity contribution in [2.24, 2.45) is 0 Å². The van der Waals surface area contributed by atoms with Crippen LogP contribution in [0.25, 0.3) is 0 Å². The summed E-state index contributed by atoms with van der Waals surface area (Å²) in [5, 5.41) is 2.37. The minimum absolute atomic E-state index is 0.0631. The summed E-state index contributed by atoms with van der Waals surface area (Å²) in [4.78, 5) is 12.0. The molecule has 0 atom stereocenters. The van der Waals surface area contributed by atoms with Gasteiger partial charge in [0.2, 0.25) is 5.91 Å². The number of hydrogen-bond donors (Lipinski definition) is 1. The molecule has 0 radical (unpaired) electrons. The fourth-order valence-corrected chi connectivity index (χ4v) is 4.47. The Morgan fingerprint density at radius 1 is 1.00 bits per heavy atom. The highest BCUT2D eigenvalue weighted by Crippen LogP contribution is 2.35. The number of alkyl halides is 3. The fourth-order valence-electron chi connectivity index (χ4n) is 2.99. The van der Waals surface area contributed by atoms with Gasteiger partial charge in [0.25, 0.3) is 10.0 Å². The Hall–Kier alpha value is -3.60. The van der Waals surface area contributed by atoms with E-state index in [1.165, 1.54) is 37.4 Å². The number of hydrogen-bond acceptors (Lipinski definition) is 4. The molecule has 0 saturated carbocycles. The van der Waals surface area contributed by atoms with E-state index in [4.69, 9.17) is 4.74 Å². The van der Waals surface area contributed by atoms with Crippen LogP contribution in [-0.4, -0.2) is 28.0 Å². The number of sulfonamides is 1. The molecule has 0 heterocycles. The Bertz CT molecular complexity index is 1260. The number of anilines is 2. The van der Waals surface area contributed by atoms with Crippen molar-refractivity contribution in [2.45, 2.75) is 11.1 Å². The van der Waals surface area contributed by atoms with Crippen molar-refractivity contribution in [3.05, 3.63) is 84.2 Å². The van der Waals surface area contributed by atoms with Gasteiger partial charge in [-0.05, 0) is 48.5 Å². The van der Waals surface area contributed by atoms with E-state index in [0.29, 0.717) is 10.4 Å². The van der Waals surface area contributed by atoms with Crippen LogP contribution < -0.4 is 14.4 Å². The number of rotatable bonds is 7. The molecule has 0 aliphatic rings. The van der Waals surface area contributed by atoms with Crippen LogP contribution in [0.15, 0.2) is 77.7 Å². The van der Waals surface area contributed by atoms with E-state index in [2.05, 4.69) is 5.32 Å². The number of ether oxygens (including phenoxy) is 1. The molecule has 174 valence electrons. The molecule has 3 aromatic carbocycles. The van der Waals surface area contributed by atoms with Gasteiger partial charge in [0.15, 0.2) is 0 Å². The third kappa shape index (κ3) is 5.61. The zero-order chi connectivity index (χ0) is 24.2. The molecule has 6 nitrogen and oxygen atoms in total.